The molecule has 0 bridgehead atoms. The van der Waals surface area contributed by atoms with Gasteiger partial charge in [0, 0.05) is 12.1 Å². The number of ether oxygens (including phenoxy) is 2. The number of alkyl halides is 1. The molecule has 154 valence electrons. The van der Waals surface area contributed by atoms with Crippen molar-refractivity contribution < 1.29 is 14.3 Å². The van der Waals surface area contributed by atoms with Gasteiger partial charge >= 0.3 is 0 Å². The number of halogens is 1. The second kappa shape index (κ2) is 8.37. The highest BCUT2D eigenvalue weighted by atomic mass is 35.5. The molecule has 1 aliphatic heterocycles. The van der Waals surface area contributed by atoms with Crippen molar-refractivity contribution in [2.45, 2.75) is 37.1 Å². The van der Waals surface area contributed by atoms with Gasteiger partial charge in [0.1, 0.15) is 4.87 Å². The molecule has 0 aromatic heterocycles. The molecule has 4 nitrogen and oxygen atoms in total. The third kappa shape index (κ3) is 4.15. The van der Waals surface area contributed by atoms with Crippen molar-refractivity contribution in [3.63, 3.8) is 0 Å². The average molecular weight is 414 g/mol. The first-order valence-corrected chi connectivity index (χ1v) is 10.6. The van der Waals surface area contributed by atoms with E-state index in [9.17, 15) is 4.79 Å². The number of likely N-dealkylation sites (tertiary alicyclic amines) is 1. The summed E-state index contributed by atoms with van der Waals surface area (Å²) in [5, 5.41) is 0. The standard InChI is InChI=1S/C24H28ClNO3/c1-28-21-12-19-15-24(25,23(27)20(19)13-22(21)29-2)14-17-8-10-26(11-9-17)16-18-6-4-3-5-7-18/h3-7,12-13,17H,8-11,14-16H2,1-2H3. The van der Waals surface area contributed by atoms with Gasteiger partial charge in [0.15, 0.2) is 17.3 Å². The van der Waals surface area contributed by atoms with E-state index in [-0.39, 0.29) is 5.78 Å². The number of methoxy groups -OCH3 is 2. The number of ketones is 1. The number of Topliss-reactive ketones (excluding diaryl/α,β-unsaturated/α-hetero) is 1. The van der Waals surface area contributed by atoms with Crippen molar-refractivity contribution in [1.29, 1.82) is 0 Å². The van der Waals surface area contributed by atoms with Gasteiger partial charge in [-0.2, -0.15) is 0 Å². The highest BCUT2D eigenvalue weighted by Crippen LogP contribution is 2.44. The van der Waals surface area contributed by atoms with Crippen molar-refractivity contribution in [2.75, 3.05) is 27.3 Å². The molecule has 1 atom stereocenters. The zero-order valence-corrected chi connectivity index (χ0v) is 17.9. The largest absolute Gasteiger partial charge is 0.493 e. The minimum atomic E-state index is -0.841. The lowest BCUT2D eigenvalue weighted by Crippen LogP contribution is -2.38. The molecule has 1 saturated heterocycles. The molecule has 1 unspecified atom stereocenters. The number of fused-ring (bicyclic) bond motifs is 1. The molecular formula is C24H28ClNO3. The fourth-order valence-electron chi connectivity index (χ4n) is 4.71. The summed E-state index contributed by atoms with van der Waals surface area (Å²) in [7, 11) is 3.19. The fourth-order valence-corrected chi connectivity index (χ4v) is 5.18. The van der Waals surface area contributed by atoms with Gasteiger partial charge in [0.05, 0.1) is 14.2 Å². The number of hydrogen-bond acceptors (Lipinski definition) is 4. The molecule has 1 heterocycles. The molecule has 29 heavy (non-hydrogen) atoms. The quantitative estimate of drug-likeness (QED) is 0.642. The summed E-state index contributed by atoms with van der Waals surface area (Å²) in [4.78, 5) is 14.8. The predicted molar refractivity (Wildman–Crippen MR) is 115 cm³/mol. The molecule has 0 amide bonds. The number of carbonyl (C=O) groups is 1. The molecule has 0 saturated carbocycles. The SMILES string of the molecule is COc1cc2c(cc1OC)C(=O)C(Cl)(CC1CCN(Cc3ccccc3)CC1)C2. The zero-order valence-electron chi connectivity index (χ0n) is 17.1. The zero-order chi connectivity index (χ0) is 20.4. The van der Waals surface area contributed by atoms with E-state index in [4.69, 9.17) is 21.1 Å². The smallest absolute Gasteiger partial charge is 0.184 e. The number of piperidine rings is 1. The monoisotopic (exact) mass is 413 g/mol. The molecule has 2 aromatic carbocycles. The molecule has 0 spiro atoms. The highest BCUT2D eigenvalue weighted by molar-refractivity contribution is 6.39. The van der Waals surface area contributed by atoms with Crippen molar-refractivity contribution in [3.05, 3.63) is 59.2 Å². The van der Waals surface area contributed by atoms with Crippen LogP contribution < -0.4 is 9.47 Å². The van der Waals surface area contributed by atoms with Crippen LogP contribution >= 0.6 is 11.6 Å². The Labute approximate surface area is 177 Å². The maximum atomic E-state index is 13.1. The second-order valence-electron chi connectivity index (χ2n) is 8.24. The molecule has 0 radical (unpaired) electrons. The molecule has 1 fully saturated rings. The predicted octanol–water partition coefficient (Wildman–Crippen LogP) is 4.72. The first kappa shape index (κ1) is 20.2. The summed E-state index contributed by atoms with van der Waals surface area (Å²) >= 11 is 6.93. The van der Waals surface area contributed by atoms with Crippen molar-refractivity contribution in [1.82, 2.24) is 4.90 Å². The van der Waals surface area contributed by atoms with Gasteiger partial charge in [0.2, 0.25) is 0 Å². The molecule has 4 rings (SSSR count). The molecule has 0 N–H and O–H groups in total. The first-order valence-electron chi connectivity index (χ1n) is 10.3. The number of benzene rings is 2. The lowest BCUT2D eigenvalue weighted by atomic mass is 9.84. The lowest BCUT2D eigenvalue weighted by Gasteiger charge is -2.34. The number of hydrogen-bond donors (Lipinski definition) is 0. The van der Waals surface area contributed by atoms with Crippen LogP contribution in [0, 0.1) is 5.92 Å². The summed E-state index contributed by atoms with van der Waals surface area (Å²) in [6.45, 7) is 3.09. The Kier molecular flexibility index (Phi) is 5.84. The van der Waals surface area contributed by atoms with E-state index < -0.39 is 4.87 Å². The Bertz CT molecular complexity index is 877. The third-order valence-electron chi connectivity index (χ3n) is 6.30. The Morgan fingerprint density at radius 1 is 1.07 bits per heavy atom. The van der Waals surface area contributed by atoms with Gasteiger partial charge in [0.25, 0.3) is 0 Å². The van der Waals surface area contributed by atoms with Crippen molar-refractivity contribution >= 4 is 17.4 Å². The van der Waals surface area contributed by atoms with Gasteiger partial charge in [-0.1, -0.05) is 30.3 Å². The normalized spacial score (nSPS) is 22.5. The molecular weight excluding hydrogens is 386 g/mol. The van der Waals surface area contributed by atoms with Gasteiger partial charge < -0.3 is 9.47 Å². The van der Waals surface area contributed by atoms with Crippen LogP contribution in [0.5, 0.6) is 11.5 Å². The highest BCUT2D eigenvalue weighted by Gasteiger charge is 2.46. The maximum Gasteiger partial charge on any atom is 0.184 e. The maximum absolute atomic E-state index is 13.1. The molecule has 2 aromatic rings. The van der Waals surface area contributed by atoms with E-state index in [1.54, 1.807) is 20.3 Å². The minimum absolute atomic E-state index is 0.0295. The number of carbonyl (C=O) groups excluding carboxylic acids is 1. The van der Waals surface area contributed by atoms with Crippen LogP contribution in [0.1, 0.15) is 40.7 Å². The Morgan fingerprint density at radius 2 is 1.72 bits per heavy atom. The summed E-state index contributed by atoms with van der Waals surface area (Å²) < 4.78 is 10.8. The van der Waals surface area contributed by atoms with Crippen LogP contribution in [0.25, 0.3) is 0 Å². The van der Waals surface area contributed by atoms with Crippen LogP contribution in [0.4, 0.5) is 0 Å². The fraction of sp³-hybridized carbons (Fsp3) is 0.458. The summed E-state index contributed by atoms with van der Waals surface area (Å²) in [5.74, 6) is 1.73. The Morgan fingerprint density at radius 3 is 2.38 bits per heavy atom. The van der Waals surface area contributed by atoms with E-state index in [1.807, 2.05) is 6.07 Å². The Hall–Kier alpha value is -2.04. The van der Waals surface area contributed by atoms with E-state index in [0.29, 0.717) is 29.4 Å². The topological polar surface area (TPSA) is 38.8 Å². The number of rotatable bonds is 6. The van der Waals surface area contributed by atoms with Gasteiger partial charge in [-0.15, -0.1) is 11.6 Å². The van der Waals surface area contributed by atoms with E-state index in [0.717, 1.165) is 44.5 Å². The Balaban J connectivity index is 1.39. The van der Waals surface area contributed by atoms with Crippen molar-refractivity contribution in [3.8, 4) is 11.5 Å². The van der Waals surface area contributed by atoms with E-state index >= 15 is 0 Å². The second-order valence-corrected chi connectivity index (χ2v) is 8.97. The van der Waals surface area contributed by atoms with Crippen LogP contribution in [0.2, 0.25) is 0 Å². The van der Waals surface area contributed by atoms with E-state index in [2.05, 4.69) is 35.2 Å². The van der Waals surface area contributed by atoms with Crippen LogP contribution in [0.3, 0.4) is 0 Å². The average Bonchev–Trinajstić information content (AvgIpc) is 2.98. The molecule has 5 heteroatoms. The number of nitrogens with zero attached hydrogens (tertiary/aromatic N) is 1. The molecule has 1 aliphatic carbocycles. The van der Waals surface area contributed by atoms with Gasteiger partial charge in [-0.3, -0.25) is 9.69 Å². The summed E-state index contributed by atoms with van der Waals surface area (Å²) in [5.41, 5.74) is 2.99. The van der Waals surface area contributed by atoms with Gasteiger partial charge in [-0.05, 0) is 68.0 Å². The molecule has 2 aliphatic rings. The van der Waals surface area contributed by atoms with Crippen LogP contribution in [0.15, 0.2) is 42.5 Å². The van der Waals surface area contributed by atoms with E-state index in [1.165, 1.54) is 5.56 Å². The van der Waals surface area contributed by atoms with Gasteiger partial charge in [-0.25, -0.2) is 0 Å². The first-order chi connectivity index (χ1) is 14.0. The summed E-state index contributed by atoms with van der Waals surface area (Å²) in [6, 6.07) is 14.3. The third-order valence-corrected chi connectivity index (χ3v) is 6.76. The van der Waals surface area contributed by atoms with Crippen LogP contribution in [-0.2, 0) is 13.0 Å². The van der Waals surface area contributed by atoms with Crippen molar-refractivity contribution in [2.24, 2.45) is 5.92 Å². The van der Waals surface area contributed by atoms with Crippen LogP contribution in [-0.4, -0.2) is 42.9 Å². The summed E-state index contributed by atoms with van der Waals surface area (Å²) in [6.07, 6.45) is 3.45. The lowest BCUT2D eigenvalue weighted by molar-refractivity contribution is 0.0919. The minimum Gasteiger partial charge on any atom is -0.493 e.